The molecule has 4 heterocycles. The Morgan fingerprint density at radius 3 is 2.00 bits per heavy atom. The van der Waals surface area contributed by atoms with Gasteiger partial charge in [-0.1, -0.05) is 86.0 Å². The molecular formula is C66H93N15O18S2. The Hall–Kier alpha value is -9.58. The fraction of sp³-hybridized carbons (Fsp3) is 0.515. The molecule has 33 nitrogen and oxygen atoms in total. The average molecular weight is 1450 g/mol. The molecule has 2 fully saturated rings. The number of likely N-dealkylation sites (N-methyl/N-ethyl adjacent to an activating group) is 1. The Kier molecular flexibility index (Phi) is 32.0. The normalized spacial score (nSPS) is 23.1. The summed E-state index contributed by atoms with van der Waals surface area (Å²) in [5.74, 6) is -13.1. The third-order valence-corrected chi connectivity index (χ3v) is 19.4. The van der Waals surface area contributed by atoms with Crippen LogP contribution in [0.25, 0.3) is 16.5 Å². The van der Waals surface area contributed by atoms with Crippen LogP contribution < -0.4 is 65.5 Å². The van der Waals surface area contributed by atoms with Gasteiger partial charge in [-0.05, 0) is 98.4 Å². The van der Waals surface area contributed by atoms with Crippen LogP contribution in [0.5, 0.6) is 5.75 Å². The number of aromatic amines is 1. The maximum Gasteiger partial charge on any atom is 0.328 e. The van der Waals surface area contributed by atoms with Crippen molar-refractivity contribution in [1.82, 2.24) is 57.3 Å². The number of carbonyl (C=O) groups is 14. The Morgan fingerprint density at radius 2 is 1.39 bits per heavy atom. The lowest BCUT2D eigenvalue weighted by Crippen LogP contribution is -2.61. The molecule has 1 unspecified atom stereocenters. The Balaban J connectivity index is 0.000000463. The Bertz CT molecular complexity index is 3560. The standard InChI is InChI=1S/C43H66N12O12S2.C19H23N3O2.C4H4O4/c1-5-22(4)35-42(66)49-26(12-13-32(45)57)38(62)51-29(17-33(46)58)39(63)53-30(20-69-68-19-25(44)36(60)50-28(40(64)54-35)16-23-8-10-24(56)11-9-23)43(67)55-14-6-7-31(55)41(65)52-27(15-21(2)3)37(61)48-18-34(47)59;1-11(10-23)21-19(24)13-6-15-14-4-3-5-16-18(14)12(8-20-16)7-17(15)22(2)9-13;5-3(6)1-2-4(7)8/h8-11,21-22,25-31,35,56H,5-7,12-20,44H2,1-4H3,(H2,45,57)(H2,46,58)(H2,47,59)(H,48,61)(H,49,66)(H,50,60)(H,51,62)(H,52,65)(H,53,63)(H,54,64);3-6,8,11,13,17,20,23H,7,9-10H2,1-2H3,(H,21,24);1-2H,(H,5,6)(H,7,8)/b;;2-1-/t22-,25-,26-,27-,28-,29-,30-,31-,35?;11-,13+,17+;/m00./s1. The number of aliphatic hydroxyl groups is 1. The van der Waals surface area contributed by atoms with Crippen LogP contribution in [0, 0.1) is 17.8 Å². The SMILES string of the molecule is CC[C@H](C)C1NC(=O)[C@H](Cc2ccc(O)cc2)NC(=O)[C@@H](N)CSSC[C@@H](C(=O)N2CCC[C@H]2C(=O)N[C@@H](CC(C)C)C(=O)NCC(N)=O)NC(=O)[C@H](CC(N)=O)NC(=O)[C@H](CCC(N)=O)NC1=O.C[C@@H](CO)NC(=O)[C@@H]1C=C2c3cccc4[nH]cc(c34)C[C@H]2N(C)C1.O=C(O)/C=C\C(=O)O. The zero-order valence-electron chi connectivity index (χ0n) is 57.0. The fourth-order valence-corrected chi connectivity index (χ4v) is 13.8. The second-order valence-electron chi connectivity index (χ2n) is 25.4. The number of hydrogen-bond donors (Lipinski definition) is 17. The molecule has 12 atom stereocenters. The number of H-pyrrole nitrogens is 1. The van der Waals surface area contributed by atoms with E-state index in [0.717, 1.165) is 33.5 Å². The van der Waals surface area contributed by atoms with Gasteiger partial charge in [0.15, 0.2) is 0 Å². The number of hydrogen-bond acceptors (Lipinski definition) is 20. The van der Waals surface area contributed by atoms with Crippen LogP contribution in [0.3, 0.4) is 0 Å². The van der Waals surface area contributed by atoms with Crippen molar-refractivity contribution in [2.45, 2.75) is 153 Å². The first kappa shape index (κ1) is 82.1. The zero-order valence-corrected chi connectivity index (χ0v) is 58.6. The highest BCUT2D eigenvalue weighted by Gasteiger charge is 2.42. The molecule has 2 saturated heterocycles. The van der Waals surface area contributed by atoms with Gasteiger partial charge in [-0.2, -0.15) is 0 Å². The summed E-state index contributed by atoms with van der Waals surface area (Å²) >= 11 is 0. The van der Waals surface area contributed by atoms with Gasteiger partial charge in [-0.3, -0.25) is 62.4 Å². The van der Waals surface area contributed by atoms with E-state index in [1.807, 2.05) is 20.8 Å². The van der Waals surface area contributed by atoms with Crippen molar-refractivity contribution < 1.29 is 87.5 Å². The first-order valence-electron chi connectivity index (χ1n) is 32.8. The van der Waals surface area contributed by atoms with E-state index in [1.165, 1.54) is 51.3 Å². The van der Waals surface area contributed by atoms with Crippen LogP contribution in [0.4, 0.5) is 0 Å². The number of nitrogens with zero attached hydrogens (tertiary/aromatic N) is 2. The van der Waals surface area contributed by atoms with Gasteiger partial charge in [-0.25, -0.2) is 9.59 Å². The van der Waals surface area contributed by atoms with Crippen molar-refractivity contribution in [2.75, 3.05) is 44.8 Å². The minimum atomic E-state index is -1.75. The van der Waals surface area contributed by atoms with Crippen molar-refractivity contribution in [3.63, 3.8) is 0 Å². The van der Waals surface area contributed by atoms with Crippen molar-refractivity contribution in [1.29, 1.82) is 0 Å². The lowest BCUT2D eigenvalue weighted by Gasteiger charge is -2.39. The zero-order chi connectivity index (χ0) is 74.9. The van der Waals surface area contributed by atoms with Crippen LogP contribution in [0.1, 0.15) is 96.3 Å². The predicted octanol–water partition coefficient (Wildman–Crippen LogP) is -2.36. The van der Waals surface area contributed by atoms with Gasteiger partial charge in [0, 0.05) is 78.8 Å². The molecule has 2 aromatic carbocycles. The Labute approximate surface area is 590 Å². The van der Waals surface area contributed by atoms with E-state index >= 15 is 0 Å². The fourth-order valence-electron chi connectivity index (χ4n) is 11.5. The molecule has 0 radical (unpaired) electrons. The molecule has 35 heteroatoms. The summed E-state index contributed by atoms with van der Waals surface area (Å²) in [7, 11) is 4.13. The van der Waals surface area contributed by atoms with E-state index in [0.29, 0.717) is 43.1 Å². The number of aromatic nitrogens is 1. The van der Waals surface area contributed by atoms with E-state index < -0.39 is 157 Å². The van der Waals surface area contributed by atoms with Gasteiger partial charge >= 0.3 is 11.9 Å². The summed E-state index contributed by atoms with van der Waals surface area (Å²) in [6.07, 6.45) is 5.64. The maximum absolute atomic E-state index is 14.5. The second kappa shape index (κ2) is 39.4. The summed E-state index contributed by atoms with van der Waals surface area (Å²) in [6, 6.07) is 1.38. The number of likely N-dealkylation sites (tertiary alicyclic amines) is 1. The number of carboxylic acid groups (broad SMARTS) is 2. The number of nitrogens with one attached hydrogen (secondary N) is 9. The lowest BCUT2D eigenvalue weighted by atomic mass is 9.80. The van der Waals surface area contributed by atoms with Gasteiger partial charge in [0.25, 0.3) is 0 Å². The van der Waals surface area contributed by atoms with Crippen LogP contribution >= 0.6 is 21.6 Å². The number of benzene rings is 2. The van der Waals surface area contributed by atoms with E-state index in [4.69, 9.17) is 38.3 Å². The minimum Gasteiger partial charge on any atom is -0.508 e. The number of fused-ring (bicyclic) bond motifs is 2. The summed E-state index contributed by atoms with van der Waals surface area (Å²) < 4.78 is 0. The van der Waals surface area contributed by atoms with Crippen molar-refractivity contribution in [3.05, 3.63) is 83.6 Å². The highest BCUT2D eigenvalue weighted by molar-refractivity contribution is 8.76. The van der Waals surface area contributed by atoms with E-state index in [-0.39, 0.29) is 73.5 Å². The van der Waals surface area contributed by atoms with Crippen LogP contribution in [-0.4, -0.2) is 223 Å². The van der Waals surface area contributed by atoms with Gasteiger partial charge in [0.1, 0.15) is 48.0 Å². The molecule has 7 rings (SSSR count). The molecule has 0 spiro atoms. The molecule has 12 amide bonds. The Morgan fingerprint density at radius 1 is 0.752 bits per heavy atom. The van der Waals surface area contributed by atoms with Crippen LogP contribution in [-0.2, 0) is 80.0 Å². The van der Waals surface area contributed by atoms with Gasteiger partial charge in [0.2, 0.25) is 70.9 Å². The van der Waals surface area contributed by atoms with Crippen LogP contribution in [0.2, 0.25) is 0 Å². The van der Waals surface area contributed by atoms with Crippen LogP contribution in [0.15, 0.2) is 66.9 Å². The first-order chi connectivity index (χ1) is 47.7. The van der Waals surface area contributed by atoms with Crippen molar-refractivity contribution in [2.24, 2.45) is 40.7 Å². The average Bonchev–Trinajstić information content (AvgIpc) is 1.70. The molecule has 1 aliphatic carbocycles. The molecule has 4 aliphatic rings. The number of phenolic OH excluding ortho intramolecular Hbond substituents is 1. The molecule has 552 valence electrons. The number of rotatable bonds is 22. The van der Waals surface area contributed by atoms with Crippen molar-refractivity contribution in [3.8, 4) is 5.75 Å². The molecule has 3 aliphatic heterocycles. The van der Waals surface area contributed by atoms with E-state index in [1.54, 1.807) is 13.8 Å². The summed E-state index contributed by atoms with van der Waals surface area (Å²) in [6.45, 7) is 9.08. The molecular weight excluding hydrogens is 1350 g/mol. The predicted molar refractivity (Wildman–Crippen MR) is 373 cm³/mol. The number of aromatic hydroxyl groups is 1. The summed E-state index contributed by atoms with van der Waals surface area (Å²) in [4.78, 5) is 185. The first-order valence-corrected chi connectivity index (χ1v) is 35.3. The number of carboxylic acids is 2. The molecule has 1 aromatic heterocycles. The maximum atomic E-state index is 14.5. The minimum absolute atomic E-state index is 0.0126. The quantitative estimate of drug-likeness (QED) is 0.0369. The second-order valence-corrected chi connectivity index (χ2v) is 28.0. The van der Waals surface area contributed by atoms with E-state index in [2.05, 4.69) is 89.9 Å². The number of amides is 12. The number of aliphatic carboxylic acids is 2. The lowest BCUT2D eigenvalue weighted by molar-refractivity contribution is -0.142. The molecule has 101 heavy (non-hydrogen) atoms. The molecule has 21 N–H and O–H groups in total. The van der Waals surface area contributed by atoms with Gasteiger partial charge in [0.05, 0.1) is 31.5 Å². The third kappa shape index (κ3) is 25.2. The molecule has 0 bridgehead atoms. The molecule has 3 aromatic rings. The largest absolute Gasteiger partial charge is 0.508 e. The number of primary amides is 3. The highest BCUT2D eigenvalue weighted by atomic mass is 33.1. The summed E-state index contributed by atoms with van der Waals surface area (Å²) in [5.41, 5.74) is 27.9. The third-order valence-electron chi connectivity index (χ3n) is 16.9. The highest BCUT2D eigenvalue weighted by Crippen LogP contribution is 2.41. The number of phenols is 1. The number of carbonyl (C=O) groups excluding carboxylic acids is 12. The van der Waals surface area contributed by atoms with Gasteiger partial charge in [-0.15, -0.1) is 0 Å². The summed E-state index contributed by atoms with van der Waals surface area (Å²) in [5, 5.41) is 56.7. The topological polar surface area (TPSA) is 542 Å². The smallest absolute Gasteiger partial charge is 0.328 e. The van der Waals surface area contributed by atoms with Crippen molar-refractivity contribution >= 4 is 121 Å². The number of nitrogens with two attached hydrogens (primary N) is 4. The van der Waals surface area contributed by atoms with Gasteiger partial charge < -0.3 is 95.8 Å². The van der Waals surface area contributed by atoms with E-state index in [9.17, 15) is 72.2 Å². The monoisotopic (exact) mass is 1450 g/mol. The number of aliphatic hydroxyl groups excluding tert-OH is 1. The molecule has 0 saturated carbocycles.